The van der Waals surface area contributed by atoms with Crippen LogP contribution in [-0.2, 0) is 19.3 Å². The maximum atomic E-state index is 13.2. The molecule has 0 N–H and O–H groups in total. The number of anilines is 1. The second kappa shape index (κ2) is 11.3. The summed E-state index contributed by atoms with van der Waals surface area (Å²) in [6.45, 7) is 6.71. The molecule has 2 aromatic carbocycles. The van der Waals surface area contributed by atoms with Gasteiger partial charge in [0.05, 0.1) is 27.9 Å². The Bertz CT molecular complexity index is 2100. The summed E-state index contributed by atoms with van der Waals surface area (Å²) in [5.74, 6) is 1.20. The molecule has 240 valence electrons. The SMILES string of the molecule is COCOc1cc(-c2nccc3c2sc2nc(S(C)(=O)=O)nc(N4CC5CCC(C4)N5C(=O)OC(C)(C)C)c23)c2ccccc2c1. The summed E-state index contributed by atoms with van der Waals surface area (Å²) in [5.41, 5.74) is 1.02. The number of carbonyl (C=O) groups is 1. The van der Waals surface area contributed by atoms with Crippen molar-refractivity contribution in [2.24, 2.45) is 0 Å². The summed E-state index contributed by atoms with van der Waals surface area (Å²) in [6.07, 6.45) is 4.24. The summed E-state index contributed by atoms with van der Waals surface area (Å²) in [5, 5.41) is 3.43. The standard InChI is InChI=1S/C33H35N5O6S2/c1-33(2,3)44-32(39)38-20-10-11-21(38)17-37(16-20)29-26-24-12-13-34-27(28(24)45-30(26)36-31(35-29)46(5,40)41)25-15-22(43-18-42-4)14-19-8-6-7-9-23(19)25/h6-9,12-15,20-21H,10-11,16-18H2,1-5H3. The van der Waals surface area contributed by atoms with Crippen molar-refractivity contribution in [3.8, 4) is 17.0 Å². The van der Waals surface area contributed by atoms with Crippen LogP contribution in [0.4, 0.5) is 10.6 Å². The first kappa shape index (κ1) is 30.6. The summed E-state index contributed by atoms with van der Waals surface area (Å²) in [6, 6.07) is 13.7. The number of carbonyl (C=O) groups excluding carboxylic acids is 1. The van der Waals surface area contributed by atoms with E-state index < -0.39 is 15.4 Å². The monoisotopic (exact) mass is 661 g/mol. The second-order valence-electron chi connectivity index (χ2n) is 12.8. The Kier molecular flexibility index (Phi) is 7.52. The van der Waals surface area contributed by atoms with Crippen molar-refractivity contribution in [3.05, 3.63) is 48.7 Å². The van der Waals surface area contributed by atoms with Crippen LogP contribution in [0.25, 0.3) is 42.3 Å². The van der Waals surface area contributed by atoms with Crippen LogP contribution < -0.4 is 9.64 Å². The number of piperazine rings is 1. The zero-order valence-corrected chi connectivity index (χ0v) is 27.9. The third kappa shape index (κ3) is 5.50. The molecule has 7 rings (SSSR count). The molecule has 0 radical (unpaired) electrons. The van der Waals surface area contributed by atoms with E-state index >= 15 is 0 Å². The number of pyridine rings is 1. The number of thiophene rings is 1. The van der Waals surface area contributed by atoms with E-state index in [4.69, 9.17) is 19.2 Å². The van der Waals surface area contributed by atoms with Gasteiger partial charge in [-0.3, -0.25) is 9.88 Å². The number of methoxy groups -OCH3 is 1. The molecule has 5 heterocycles. The molecule has 2 atom stereocenters. The highest BCUT2D eigenvalue weighted by Crippen LogP contribution is 2.45. The van der Waals surface area contributed by atoms with E-state index in [-0.39, 0.29) is 30.1 Å². The fourth-order valence-electron chi connectivity index (χ4n) is 6.53. The molecule has 13 heteroatoms. The molecule has 2 aliphatic heterocycles. The summed E-state index contributed by atoms with van der Waals surface area (Å²) < 4.78 is 43.3. The lowest BCUT2D eigenvalue weighted by atomic mass is 10.00. The Morgan fingerprint density at radius 1 is 1.04 bits per heavy atom. The number of hydrogen-bond acceptors (Lipinski definition) is 11. The van der Waals surface area contributed by atoms with Gasteiger partial charge in [0.1, 0.15) is 22.0 Å². The van der Waals surface area contributed by atoms with E-state index in [0.717, 1.165) is 56.6 Å². The number of aromatic nitrogens is 3. The van der Waals surface area contributed by atoms with Crippen LogP contribution in [0.3, 0.4) is 0 Å². The number of ether oxygens (including phenoxy) is 3. The van der Waals surface area contributed by atoms with Gasteiger partial charge in [-0.15, -0.1) is 11.3 Å². The van der Waals surface area contributed by atoms with Gasteiger partial charge in [-0.2, -0.15) is 0 Å². The maximum absolute atomic E-state index is 13.2. The molecule has 2 fully saturated rings. The van der Waals surface area contributed by atoms with Crippen LogP contribution in [0.15, 0.2) is 53.8 Å². The third-order valence-corrected chi connectivity index (χ3v) is 10.3. The van der Waals surface area contributed by atoms with Crippen LogP contribution >= 0.6 is 11.3 Å². The van der Waals surface area contributed by atoms with Crippen molar-refractivity contribution in [2.45, 2.75) is 56.5 Å². The van der Waals surface area contributed by atoms with Gasteiger partial charge in [0.25, 0.3) is 0 Å². The van der Waals surface area contributed by atoms with Gasteiger partial charge in [0, 0.05) is 43.6 Å². The van der Waals surface area contributed by atoms with Crippen LogP contribution in [0.5, 0.6) is 5.75 Å². The van der Waals surface area contributed by atoms with Crippen molar-refractivity contribution in [3.63, 3.8) is 0 Å². The van der Waals surface area contributed by atoms with Crippen LogP contribution in [0.1, 0.15) is 33.6 Å². The van der Waals surface area contributed by atoms with Gasteiger partial charge in [-0.05, 0) is 62.6 Å². The van der Waals surface area contributed by atoms with Crippen LogP contribution in [0.2, 0.25) is 0 Å². The van der Waals surface area contributed by atoms with Gasteiger partial charge in [0.2, 0.25) is 15.0 Å². The molecule has 46 heavy (non-hydrogen) atoms. The van der Waals surface area contributed by atoms with Gasteiger partial charge in [-0.1, -0.05) is 24.3 Å². The van der Waals surface area contributed by atoms with Gasteiger partial charge in [-0.25, -0.2) is 23.2 Å². The smallest absolute Gasteiger partial charge is 0.410 e. The van der Waals surface area contributed by atoms with Crippen LogP contribution in [-0.4, -0.2) is 85.3 Å². The lowest BCUT2D eigenvalue weighted by Crippen LogP contribution is -2.57. The van der Waals surface area contributed by atoms with E-state index in [9.17, 15) is 13.2 Å². The van der Waals surface area contributed by atoms with E-state index in [0.29, 0.717) is 29.5 Å². The average molecular weight is 662 g/mol. The Morgan fingerprint density at radius 2 is 1.78 bits per heavy atom. The second-order valence-corrected chi connectivity index (χ2v) is 15.7. The molecule has 2 saturated heterocycles. The Balaban J connectivity index is 1.38. The first-order chi connectivity index (χ1) is 21.9. The first-order valence-electron chi connectivity index (χ1n) is 15.1. The highest BCUT2D eigenvalue weighted by molar-refractivity contribution is 7.90. The normalized spacial score (nSPS) is 18.5. The number of sulfone groups is 1. The van der Waals surface area contributed by atoms with Crippen molar-refractivity contribution in [1.29, 1.82) is 0 Å². The molecule has 2 bridgehead atoms. The fourth-order valence-corrected chi connectivity index (χ4v) is 8.26. The molecule has 2 unspecified atom stereocenters. The number of benzene rings is 2. The third-order valence-electron chi connectivity index (χ3n) is 8.36. The molecular weight excluding hydrogens is 627 g/mol. The fraction of sp³-hybridized carbons (Fsp3) is 0.394. The van der Waals surface area contributed by atoms with Crippen molar-refractivity contribution in [1.82, 2.24) is 19.9 Å². The first-order valence-corrected chi connectivity index (χ1v) is 17.8. The average Bonchev–Trinajstić information content (AvgIpc) is 3.51. The predicted molar refractivity (Wildman–Crippen MR) is 178 cm³/mol. The molecule has 0 aliphatic carbocycles. The molecule has 3 aromatic heterocycles. The van der Waals surface area contributed by atoms with Crippen LogP contribution in [0, 0.1) is 0 Å². The molecule has 1 amide bonds. The van der Waals surface area contributed by atoms with Crippen molar-refractivity contribution < 1.29 is 27.4 Å². The lowest BCUT2D eigenvalue weighted by Gasteiger charge is -2.42. The topological polar surface area (TPSA) is 124 Å². The van der Waals surface area contributed by atoms with E-state index in [2.05, 4.69) is 14.9 Å². The van der Waals surface area contributed by atoms with E-state index in [1.807, 2.05) is 68.1 Å². The van der Waals surface area contributed by atoms with Crippen molar-refractivity contribution in [2.75, 3.05) is 38.1 Å². The minimum atomic E-state index is -3.73. The molecule has 0 saturated carbocycles. The predicted octanol–water partition coefficient (Wildman–Crippen LogP) is 6.03. The van der Waals surface area contributed by atoms with E-state index in [1.54, 1.807) is 13.3 Å². The number of hydrogen-bond donors (Lipinski definition) is 0. The minimum absolute atomic E-state index is 0.0800. The molecule has 2 aliphatic rings. The number of rotatable bonds is 6. The Morgan fingerprint density at radius 3 is 2.48 bits per heavy atom. The quantitative estimate of drug-likeness (QED) is 0.157. The number of nitrogens with zero attached hydrogens (tertiary/aromatic N) is 5. The Hall–Kier alpha value is -4.07. The van der Waals surface area contributed by atoms with Crippen molar-refractivity contribution >= 4 is 64.2 Å². The highest BCUT2D eigenvalue weighted by Gasteiger charge is 2.45. The highest BCUT2D eigenvalue weighted by atomic mass is 32.2. The van der Waals surface area contributed by atoms with E-state index in [1.165, 1.54) is 11.3 Å². The molecule has 0 spiro atoms. The Labute approximate surface area is 271 Å². The lowest BCUT2D eigenvalue weighted by molar-refractivity contribution is 0.0123. The zero-order chi connectivity index (χ0) is 32.4. The molecular formula is C33H35N5O6S2. The summed E-state index contributed by atoms with van der Waals surface area (Å²) in [7, 11) is -2.15. The number of fused-ring (bicyclic) bond motifs is 6. The molecule has 11 nitrogen and oxygen atoms in total. The number of amides is 1. The van der Waals surface area contributed by atoms with Gasteiger partial charge >= 0.3 is 6.09 Å². The maximum Gasteiger partial charge on any atom is 0.410 e. The zero-order valence-electron chi connectivity index (χ0n) is 26.3. The largest absolute Gasteiger partial charge is 0.468 e. The van der Waals surface area contributed by atoms with Gasteiger partial charge < -0.3 is 19.1 Å². The minimum Gasteiger partial charge on any atom is -0.468 e. The van der Waals surface area contributed by atoms with Gasteiger partial charge in [0.15, 0.2) is 6.79 Å². The molecule has 5 aromatic rings. The summed E-state index contributed by atoms with van der Waals surface area (Å²) >= 11 is 1.40. The summed E-state index contributed by atoms with van der Waals surface area (Å²) in [4.78, 5) is 31.8.